The number of aliphatic imine (C=N–C) groups is 1. The van der Waals surface area contributed by atoms with Gasteiger partial charge in [0.15, 0.2) is 0 Å². The van der Waals surface area contributed by atoms with E-state index in [1.807, 2.05) is 39.4 Å². The molecule has 0 aliphatic heterocycles. The predicted molar refractivity (Wildman–Crippen MR) is 117 cm³/mol. The van der Waals surface area contributed by atoms with Gasteiger partial charge in [0.2, 0.25) is 5.06 Å². The van der Waals surface area contributed by atoms with Gasteiger partial charge in [-0.3, -0.25) is 0 Å². The number of aryl methyl sites for hydroxylation is 2. The summed E-state index contributed by atoms with van der Waals surface area (Å²) < 4.78 is 10.6. The SMILES string of the molecule is Cc1cc(Oc2snc(CC(C)(C)C)c2C#N)c(C)cc1N=CN(C)C(C)C. The lowest BCUT2D eigenvalue weighted by molar-refractivity contribution is 0.406. The largest absolute Gasteiger partial charge is 0.443 e. The molecule has 5 nitrogen and oxygen atoms in total. The average molecular weight is 399 g/mol. The lowest BCUT2D eigenvalue weighted by Crippen LogP contribution is -2.24. The molecule has 0 amide bonds. The summed E-state index contributed by atoms with van der Waals surface area (Å²) in [5.74, 6) is 0.733. The van der Waals surface area contributed by atoms with Gasteiger partial charge in [0.05, 0.1) is 17.7 Å². The molecule has 0 bridgehead atoms. The Balaban J connectivity index is 2.29. The summed E-state index contributed by atoms with van der Waals surface area (Å²) in [6.07, 6.45) is 2.59. The van der Waals surface area contributed by atoms with Crippen LogP contribution in [0.1, 0.15) is 57.0 Å². The maximum atomic E-state index is 9.61. The zero-order chi connectivity index (χ0) is 21.1. The van der Waals surface area contributed by atoms with Gasteiger partial charge in [-0.2, -0.15) is 9.64 Å². The molecule has 0 spiro atoms. The Morgan fingerprint density at radius 3 is 2.54 bits per heavy atom. The highest BCUT2D eigenvalue weighted by molar-refractivity contribution is 7.08. The third kappa shape index (κ3) is 5.56. The lowest BCUT2D eigenvalue weighted by Gasteiger charge is -2.17. The minimum atomic E-state index is 0.0618. The summed E-state index contributed by atoms with van der Waals surface area (Å²) >= 11 is 1.24. The zero-order valence-corrected chi connectivity index (χ0v) is 18.9. The quantitative estimate of drug-likeness (QED) is 0.441. The second-order valence-corrected chi connectivity index (χ2v) is 9.39. The number of hydrogen-bond acceptors (Lipinski definition) is 5. The van der Waals surface area contributed by atoms with E-state index in [1.54, 1.807) is 0 Å². The van der Waals surface area contributed by atoms with Crippen molar-refractivity contribution < 1.29 is 4.74 Å². The molecular formula is C22H30N4OS. The fraction of sp³-hybridized carbons (Fsp3) is 0.500. The van der Waals surface area contributed by atoms with Gasteiger partial charge in [0.1, 0.15) is 17.4 Å². The van der Waals surface area contributed by atoms with Gasteiger partial charge in [-0.15, -0.1) is 0 Å². The number of nitrogens with zero attached hydrogens (tertiary/aromatic N) is 4. The molecule has 6 heteroatoms. The van der Waals surface area contributed by atoms with Gasteiger partial charge in [0, 0.05) is 24.6 Å². The molecule has 2 rings (SSSR count). The summed E-state index contributed by atoms with van der Waals surface area (Å²) in [7, 11) is 2.01. The van der Waals surface area contributed by atoms with E-state index in [0.29, 0.717) is 16.7 Å². The van der Waals surface area contributed by atoms with Crippen LogP contribution in [0.15, 0.2) is 17.1 Å². The molecule has 2 aromatic rings. The van der Waals surface area contributed by atoms with Crippen molar-refractivity contribution in [3.63, 3.8) is 0 Å². The van der Waals surface area contributed by atoms with Gasteiger partial charge in [-0.1, -0.05) is 20.8 Å². The Kier molecular flexibility index (Phi) is 6.84. The Labute approximate surface area is 172 Å². The summed E-state index contributed by atoms with van der Waals surface area (Å²) in [5, 5.41) is 10.2. The van der Waals surface area contributed by atoms with Gasteiger partial charge < -0.3 is 9.64 Å². The minimum absolute atomic E-state index is 0.0618. The van der Waals surface area contributed by atoms with Crippen LogP contribution in [0.25, 0.3) is 0 Å². The van der Waals surface area contributed by atoms with E-state index in [0.717, 1.165) is 34.7 Å². The Morgan fingerprint density at radius 1 is 1.29 bits per heavy atom. The highest BCUT2D eigenvalue weighted by atomic mass is 32.1. The van der Waals surface area contributed by atoms with Gasteiger partial charge in [0.25, 0.3) is 0 Å². The molecule has 0 unspecified atom stereocenters. The maximum Gasteiger partial charge on any atom is 0.218 e. The van der Waals surface area contributed by atoms with E-state index < -0.39 is 0 Å². The summed E-state index contributed by atoms with van der Waals surface area (Å²) in [6, 6.07) is 6.65. The van der Waals surface area contributed by atoms with E-state index in [4.69, 9.17) is 4.74 Å². The molecule has 1 heterocycles. The first-order chi connectivity index (χ1) is 13.0. The first-order valence-corrected chi connectivity index (χ1v) is 10.2. The number of ether oxygens (including phenoxy) is 1. The van der Waals surface area contributed by atoms with Crippen LogP contribution in [-0.4, -0.2) is 28.7 Å². The Hall–Kier alpha value is -2.39. The summed E-state index contributed by atoms with van der Waals surface area (Å²) in [4.78, 5) is 6.66. The van der Waals surface area contributed by atoms with Crippen LogP contribution in [0.5, 0.6) is 10.8 Å². The molecule has 150 valence electrons. The molecule has 0 saturated heterocycles. The van der Waals surface area contributed by atoms with E-state index in [1.165, 1.54) is 11.5 Å². The topological polar surface area (TPSA) is 61.5 Å². The number of rotatable bonds is 6. The van der Waals surface area contributed by atoms with Gasteiger partial charge in [-0.25, -0.2) is 4.99 Å². The number of hydrogen-bond donors (Lipinski definition) is 0. The van der Waals surface area contributed by atoms with E-state index in [9.17, 15) is 5.26 Å². The molecule has 28 heavy (non-hydrogen) atoms. The minimum Gasteiger partial charge on any atom is -0.443 e. The van der Waals surface area contributed by atoms with E-state index >= 15 is 0 Å². The standard InChI is InChI=1S/C22H30N4OS/c1-14(2)26(8)13-24-18-9-16(4)20(10-15(18)3)27-21-17(12-23)19(25-28-21)11-22(5,6)7/h9-10,13-14H,11H2,1-8H3. The van der Waals surface area contributed by atoms with Crippen LogP contribution >= 0.6 is 11.5 Å². The highest BCUT2D eigenvalue weighted by Crippen LogP contribution is 2.37. The molecule has 1 aromatic heterocycles. The van der Waals surface area contributed by atoms with Crippen molar-refractivity contribution in [2.45, 2.75) is 60.9 Å². The molecule has 0 radical (unpaired) electrons. The Bertz CT molecular complexity index is 900. The molecular weight excluding hydrogens is 368 g/mol. The normalized spacial score (nSPS) is 11.9. The molecule has 0 fully saturated rings. The number of benzene rings is 1. The van der Waals surface area contributed by atoms with Crippen LogP contribution < -0.4 is 4.74 Å². The van der Waals surface area contributed by atoms with Crippen molar-refractivity contribution in [3.8, 4) is 16.9 Å². The van der Waals surface area contributed by atoms with Crippen molar-refractivity contribution in [2.75, 3.05) is 7.05 Å². The van der Waals surface area contributed by atoms with Crippen LogP contribution in [-0.2, 0) is 6.42 Å². The van der Waals surface area contributed by atoms with E-state index in [-0.39, 0.29) is 5.41 Å². The average Bonchev–Trinajstić information content (AvgIpc) is 2.95. The monoisotopic (exact) mass is 398 g/mol. The molecule has 0 aliphatic rings. The fourth-order valence-corrected chi connectivity index (χ4v) is 3.25. The molecule has 0 atom stereocenters. The maximum absolute atomic E-state index is 9.61. The number of nitriles is 1. The molecule has 0 saturated carbocycles. The van der Waals surface area contributed by atoms with Gasteiger partial charge >= 0.3 is 0 Å². The third-order valence-corrected chi connectivity index (χ3v) is 5.20. The Morgan fingerprint density at radius 2 is 1.96 bits per heavy atom. The zero-order valence-electron chi connectivity index (χ0n) is 18.1. The van der Waals surface area contributed by atoms with Crippen molar-refractivity contribution in [2.24, 2.45) is 10.4 Å². The highest BCUT2D eigenvalue weighted by Gasteiger charge is 2.21. The molecule has 1 aromatic carbocycles. The second kappa shape index (κ2) is 8.74. The summed E-state index contributed by atoms with van der Waals surface area (Å²) in [6.45, 7) is 14.7. The molecule has 0 aliphatic carbocycles. The first-order valence-electron chi connectivity index (χ1n) is 9.45. The smallest absolute Gasteiger partial charge is 0.218 e. The van der Waals surface area contributed by atoms with Crippen molar-refractivity contribution in [1.82, 2.24) is 9.27 Å². The van der Waals surface area contributed by atoms with Crippen LogP contribution in [0, 0.1) is 30.6 Å². The second-order valence-electron chi connectivity index (χ2n) is 8.65. The predicted octanol–water partition coefficient (Wildman–Crippen LogP) is 6.01. The van der Waals surface area contributed by atoms with Crippen LogP contribution in [0.2, 0.25) is 0 Å². The van der Waals surface area contributed by atoms with Crippen LogP contribution in [0.3, 0.4) is 0 Å². The first kappa shape index (κ1) is 21.9. The fourth-order valence-electron chi connectivity index (χ4n) is 2.52. The van der Waals surface area contributed by atoms with Gasteiger partial charge in [-0.05, 0) is 62.8 Å². The van der Waals surface area contributed by atoms with Crippen molar-refractivity contribution in [3.05, 3.63) is 34.5 Å². The van der Waals surface area contributed by atoms with Crippen molar-refractivity contribution in [1.29, 1.82) is 5.26 Å². The van der Waals surface area contributed by atoms with Crippen molar-refractivity contribution >= 4 is 23.6 Å². The van der Waals surface area contributed by atoms with Crippen LogP contribution in [0.4, 0.5) is 5.69 Å². The summed E-state index contributed by atoms with van der Waals surface area (Å²) in [5.41, 5.74) is 4.31. The molecule has 0 N–H and O–H groups in total. The van der Waals surface area contributed by atoms with E-state index in [2.05, 4.69) is 55.0 Å². The third-order valence-electron chi connectivity index (χ3n) is 4.43. The lowest BCUT2D eigenvalue weighted by atomic mass is 9.89. The number of aromatic nitrogens is 1.